The molecule has 0 aliphatic carbocycles. The first-order valence-corrected chi connectivity index (χ1v) is 10.2. The van der Waals surface area contributed by atoms with Crippen molar-refractivity contribution in [2.24, 2.45) is 5.73 Å². The summed E-state index contributed by atoms with van der Waals surface area (Å²) < 4.78 is 28.0. The van der Waals surface area contributed by atoms with Gasteiger partial charge in [-0.1, -0.05) is 12.1 Å². The normalized spacial score (nSPS) is 15.7. The van der Waals surface area contributed by atoms with Crippen molar-refractivity contribution >= 4 is 40.4 Å². The van der Waals surface area contributed by atoms with E-state index in [1.54, 1.807) is 24.4 Å². The van der Waals surface area contributed by atoms with E-state index < -0.39 is 34.5 Å². The first kappa shape index (κ1) is 22.5. The Morgan fingerprint density at radius 3 is 2.47 bits per heavy atom. The second kappa shape index (κ2) is 9.75. The molecule has 1 amide bonds. The van der Waals surface area contributed by atoms with Crippen LogP contribution in [0.5, 0.6) is 0 Å². The van der Waals surface area contributed by atoms with Crippen molar-refractivity contribution in [3.8, 4) is 0 Å². The summed E-state index contributed by atoms with van der Waals surface area (Å²) in [5, 5.41) is 9.01. The van der Waals surface area contributed by atoms with Gasteiger partial charge in [-0.2, -0.15) is 0 Å². The van der Waals surface area contributed by atoms with Crippen LogP contribution in [-0.4, -0.2) is 32.0 Å². The Bertz CT molecular complexity index is 1260. The minimum atomic E-state index is -1.80. The van der Waals surface area contributed by atoms with Crippen molar-refractivity contribution in [3.05, 3.63) is 100.0 Å². The van der Waals surface area contributed by atoms with E-state index in [-0.39, 0.29) is 16.0 Å². The van der Waals surface area contributed by atoms with Crippen LogP contribution in [0.25, 0.3) is 6.08 Å². The zero-order valence-electron chi connectivity index (χ0n) is 16.3. The Kier molecular flexibility index (Phi) is 6.86. The maximum atomic E-state index is 13.2. The van der Waals surface area contributed by atoms with Gasteiger partial charge in [0, 0.05) is 18.0 Å². The highest BCUT2D eigenvalue weighted by Gasteiger charge is 2.28. The van der Waals surface area contributed by atoms with E-state index >= 15 is 0 Å². The van der Waals surface area contributed by atoms with Crippen LogP contribution < -0.4 is 10.5 Å². The highest BCUT2D eigenvalue weighted by Crippen LogP contribution is 2.29. The fourth-order valence-corrected chi connectivity index (χ4v) is 3.71. The fraction of sp³-hybridized carbons (Fsp3) is 0. The molecule has 0 bridgehead atoms. The second-order valence-electron chi connectivity index (χ2n) is 6.43. The average Bonchev–Trinajstić information content (AvgIpc) is 2.77. The van der Waals surface area contributed by atoms with Crippen molar-refractivity contribution in [2.75, 3.05) is 4.72 Å². The summed E-state index contributed by atoms with van der Waals surface area (Å²) in [6, 6.07) is 12.7. The number of pyridine rings is 1. The van der Waals surface area contributed by atoms with Crippen molar-refractivity contribution < 1.29 is 28.1 Å². The third-order valence-electron chi connectivity index (χ3n) is 4.23. The molecule has 10 heteroatoms. The molecule has 32 heavy (non-hydrogen) atoms. The third kappa shape index (κ3) is 5.29. The first-order chi connectivity index (χ1) is 15.3. The average molecular weight is 453 g/mol. The highest BCUT2D eigenvalue weighted by atomic mass is 32.2. The number of allylic oxidation sites excluding steroid dienone is 1. The van der Waals surface area contributed by atoms with Crippen LogP contribution >= 0.6 is 0 Å². The zero-order chi connectivity index (χ0) is 23.3. The molecular weight excluding hydrogens is 437 g/mol. The number of amides is 1. The number of aromatic nitrogens is 1. The van der Waals surface area contributed by atoms with Crippen molar-refractivity contribution in [1.29, 1.82) is 0 Å². The van der Waals surface area contributed by atoms with Crippen LogP contribution in [0, 0.1) is 5.82 Å². The summed E-state index contributed by atoms with van der Waals surface area (Å²) >= 11 is 0. The van der Waals surface area contributed by atoms with E-state index in [4.69, 9.17) is 10.8 Å². The Morgan fingerprint density at radius 1 is 1.09 bits per heavy atom. The summed E-state index contributed by atoms with van der Waals surface area (Å²) in [7, 11) is -1.80. The van der Waals surface area contributed by atoms with Gasteiger partial charge in [0.1, 0.15) is 10.7 Å². The predicted octanol–water partition coefficient (Wildman–Crippen LogP) is 3.02. The summed E-state index contributed by atoms with van der Waals surface area (Å²) in [4.78, 5) is 37.5. The van der Waals surface area contributed by atoms with Gasteiger partial charge < -0.3 is 15.6 Å². The Labute approximate surface area is 184 Å². The monoisotopic (exact) mass is 453 g/mol. The summed E-state index contributed by atoms with van der Waals surface area (Å²) in [6.45, 7) is 0. The van der Waals surface area contributed by atoms with Gasteiger partial charge >= 0.3 is 5.97 Å². The molecule has 1 atom stereocenters. The van der Waals surface area contributed by atoms with Gasteiger partial charge in [-0.3, -0.25) is 14.6 Å². The lowest BCUT2D eigenvalue weighted by Crippen LogP contribution is -2.23. The molecule has 8 nitrogen and oxygen atoms in total. The van der Waals surface area contributed by atoms with Crippen molar-refractivity contribution in [2.45, 2.75) is 0 Å². The topological polar surface area (TPSA) is 139 Å². The maximum absolute atomic E-state index is 13.2. The summed E-state index contributed by atoms with van der Waals surface area (Å²) in [6.07, 6.45) is 4.35. The number of nitrogens with two attached hydrogens (primary N) is 1. The number of aromatic carboxylic acids is 1. The maximum Gasteiger partial charge on any atom is 0.335 e. The van der Waals surface area contributed by atoms with Gasteiger partial charge in [0.25, 0.3) is 0 Å². The number of halogens is 1. The molecule has 0 saturated carbocycles. The number of carbonyl (C=O) groups is 3. The molecule has 1 unspecified atom stereocenters. The number of benzene rings is 2. The number of primary amides is 1. The Morgan fingerprint density at radius 2 is 1.88 bits per heavy atom. The van der Waals surface area contributed by atoms with Crippen molar-refractivity contribution in [3.63, 3.8) is 0 Å². The number of carbonyl (C=O) groups excluding carboxylic acids is 2. The largest absolute Gasteiger partial charge is 0.478 e. The van der Waals surface area contributed by atoms with Crippen LogP contribution in [0.4, 0.5) is 10.1 Å². The smallest absolute Gasteiger partial charge is 0.335 e. The predicted molar refractivity (Wildman–Crippen MR) is 117 cm³/mol. The van der Waals surface area contributed by atoms with Gasteiger partial charge in [-0.15, -0.1) is 0 Å². The number of rotatable bonds is 3. The lowest BCUT2D eigenvalue weighted by Gasteiger charge is -2.19. The lowest BCUT2D eigenvalue weighted by atomic mass is 10.0. The van der Waals surface area contributed by atoms with Gasteiger partial charge in [0.15, 0.2) is 11.0 Å². The van der Waals surface area contributed by atoms with Gasteiger partial charge in [0.2, 0.25) is 11.7 Å². The number of carboxylic acids is 1. The zero-order valence-corrected chi connectivity index (χ0v) is 17.1. The molecule has 0 saturated heterocycles. The molecule has 1 aromatic heterocycles. The molecule has 4 N–H and O–H groups in total. The minimum Gasteiger partial charge on any atom is -0.478 e. The van der Waals surface area contributed by atoms with Crippen LogP contribution in [0.3, 0.4) is 0 Å². The van der Waals surface area contributed by atoms with E-state index in [0.29, 0.717) is 16.8 Å². The van der Waals surface area contributed by atoms with E-state index in [2.05, 4.69) is 9.71 Å². The molecule has 2 aromatic carbocycles. The molecule has 1 aliphatic heterocycles. The highest BCUT2D eigenvalue weighted by molar-refractivity contribution is 7.91. The van der Waals surface area contributed by atoms with Gasteiger partial charge in [0.05, 0.1) is 16.8 Å². The molecule has 0 radical (unpaired) electrons. The number of carboxylic acid groups (broad SMARTS) is 1. The van der Waals surface area contributed by atoms with Crippen LogP contribution in [0.2, 0.25) is 0 Å². The summed E-state index contributed by atoms with van der Waals surface area (Å²) in [5.41, 5.74) is 6.14. The minimum absolute atomic E-state index is 0.0447. The quantitative estimate of drug-likeness (QED) is 0.521. The molecule has 2 heterocycles. The molecule has 162 valence electrons. The van der Waals surface area contributed by atoms with E-state index in [0.717, 1.165) is 0 Å². The number of ketones is 1. The number of nitrogens with zero attached hydrogens (tertiary/aromatic N) is 1. The van der Waals surface area contributed by atoms with Crippen LogP contribution in [0.1, 0.15) is 36.6 Å². The third-order valence-corrected chi connectivity index (χ3v) is 5.34. The first-order valence-electron chi connectivity index (χ1n) is 9.04. The van der Waals surface area contributed by atoms with E-state index in [1.807, 2.05) is 0 Å². The standard InChI is InChI=1S/C16H10FNO4S.C6H6N2O/c17-11-3-1-2-9(6-11)7-14-15(19)12-8-10(16(20)21)4-5-13(12)18-23(14)22;7-6(9)5-2-1-3-8-4-5/h1-8,18H,(H,20,21);1-4H,(H2,7,9)/b14-7-;. The number of anilines is 1. The molecule has 0 spiro atoms. The molecule has 4 rings (SSSR count). The van der Waals surface area contributed by atoms with Crippen molar-refractivity contribution in [1.82, 2.24) is 4.98 Å². The molecule has 1 aliphatic rings. The lowest BCUT2D eigenvalue weighted by molar-refractivity contribution is 0.0696. The van der Waals surface area contributed by atoms with Gasteiger partial charge in [-0.25, -0.2) is 13.4 Å². The molecule has 0 fully saturated rings. The fourth-order valence-electron chi connectivity index (χ4n) is 2.70. The number of hydrogen-bond acceptors (Lipinski definition) is 5. The van der Waals surface area contributed by atoms with E-state index in [9.17, 15) is 23.0 Å². The number of Topliss-reactive ketones (excluding diaryl/α,β-unsaturated/α-hetero) is 1. The van der Waals surface area contributed by atoms with Crippen LogP contribution in [0.15, 0.2) is 71.9 Å². The van der Waals surface area contributed by atoms with E-state index in [1.165, 1.54) is 48.7 Å². The Balaban J connectivity index is 0.000000269. The van der Waals surface area contributed by atoms with Gasteiger partial charge in [-0.05, 0) is 54.1 Å². The Hall–Kier alpha value is -4.18. The molecular formula is C22H16FN3O5S. The SMILES string of the molecule is NC(=O)c1cccnc1.O=C(O)c1ccc2c(c1)C(=O)/C(=C/c1cccc(F)c1)S(=O)N2. The summed E-state index contributed by atoms with van der Waals surface area (Å²) in [5.74, 6) is -2.63. The second-order valence-corrected chi connectivity index (χ2v) is 7.62. The number of fused-ring (bicyclic) bond motifs is 1. The molecule has 3 aromatic rings. The number of nitrogens with one attached hydrogen (secondary N) is 1. The number of hydrogen-bond donors (Lipinski definition) is 3. The van der Waals surface area contributed by atoms with Crippen LogP contribution in [-0.2, 0) is 11.0 Å².